The lowest BCUT2D eigenvalue weighted by atomic mass is 9.94. The summed E-state index contributed by atoms with van der Waals surface area (Å²) in [7, 11) is 0. The van der Waals surface area contributed by atoms with Gasteiger partial charge in [0.25, 0.3) is 11.8 Å². The smallest absolute Gasteiger partial charge is 0.303 e. The summed E-state index contributed by atoms with van der Waals surface area (Å²) >= 11 is 0. The van der Waals surface area contributed by atoms with Crippen molar-refractivity contribution in [2.24, 2.45) is 0 Å². The second-order valence-electron chi connectivity index (χ2n) is 9.90. The van der Waals surface area contributed by atoms with Gasteiger partial charge in [-0.1, -0.05) is 38.5 Å². The molecule has 38 heavy (non-hydrogen) atoms. The normalized spacial score (nSPS) is 19.6. The van der Waals surface area contributed by atoms with Crippen LogP contribution in [0.25, 0.3) is 0 Å². The molecule has 0 saturated heterocycles. The molecule has 0 aromatic carbocycles. The third kappa shape index (κ3) is 10.3. The SMILES string of the molecule is CC(=O)O[C@H]([C@@H](OC(C)=O)[C@H](OC(C)=O)C(=O)NC1CCCCC1)[C@H](OC(C)=O)C(=O)NC1CCCCC1. The summed E-state index contributed by atoms with van der Waals surface area (Å²) in [5.74, 6) is -5.12. The molecule has 12 nitrogen and oxygen atoms in total. The van der Waals surface area contributed by atoms with Gasteiger partial charge >= 0.3 is 23.9 Å². The molecule has 0 radical (unpaired) electrons. The molecule has 0 aromatic heterocycles. The van der Waals surface area contributed by atoms with Gasteiger partial charge in [0.1, 0.15) is 0 Å². The van der Waals surface area contributed by atoms with Crippen molar-refractivity contribution in [2.75, 3.05) is 0 Å². The number of esters is 4. The number of carbonyl (C=O) groups excluding carboxylic acids is 6. The highest BCUT2D eigenvalue weighted by molar-refractivity contribution is 5.87. The van der Waals surface area contributed by atoms with E-state index in [-0.39, 0.29) is 12.1 Å². The minimum absolute atomic E-state index is 0.196. The highest BCUT2D eigenvalue weighted by Crippen LogP contribution is 2.23. The first kappa shape index (κ1) is 31.0. The van der Waals surface area contributed by atoms with E-state index in [0.717, 1.165) is 66.2 Å². The van der Waals surface area contributed by atoms with E-state index in [1.807, 2.05) is 0 Å². The molecule has 0 unspecified atom stereocenters. The van der Waals surface area contributed by atoms with Crippen molar-refractivity contribution in [3.63, 3.8) is 0 Å². The number of hydrogen-bond acceptors (Lipinski definition) is 10. The summed E-state index contributed by atoms with van der Waals surface area (Å²) in [6, 6.07) is -0.392. The minimum Gasteiger partial charge on any atom is -0.454 e. The van der Waals surface area contributed by atoms with Gasteiger partial charge in [0, 0.05) is 39.8 Å². The molecule has 2 aliphatic carbocycles. The maximum Gasteiger partial charge on any atom is 0.303 e. The van der Waals surface area contributed by atoms with Crippen molar-refractivity contribution in [1.29, 1.82) is 0 Å². The van der Waals surface area contributed by atoms with E-state index < -0.39 is 60.1 Å². The summed E-state index contributed by atoms with van der Waals surface area (Å²) < 4.78 is 21.3. The Labute approximate surface area is 222 Å². The molecule has 0 heterocycles. The molecule has 0 bridgehead atoms. The molecule has 0 spiro atoms. The van der Waals surface area contributed by atoms with E-state index in [1.165, 1.54) is 0 Å². The minimum atomic E-state index is -1.79. The first-order chi connectivity index (χ1) is 18.0. The molecule has 2 aliphatic rings. The maximum atomic E-state index is 13.4. The van der Waals surface area contributed by atoms with E-state index in [0.29, 0.717) is 25.7 Å². The third-order valence-electron chi connectivity index (χ3n) is 6.53. The van der Waals surface area contributed by atoms with Crippen molar-refractivity contribution < 1.29 is 47.7 Å². The lowest BCUT2D eigenvalue weighted by Gasteiger charge is -2.35. The fourth-order valence-corrected chi connectivity index (χ4v) is 4.94. The molecule has 2 fully saturated rings. The van der Waals surface area contributed by atoms with Gasteiger partial charge in [-0.25, -0.2) is 0 Å². The van der Waals surface area contributed by atoms with Crippen molar-refractivity contribution in [3.8, 4) is 0 Å². The zero-order valence-corrected chi connectivity index (χ0v) is 22.6. The predicted molar refractivity (Wildman–Crippen MR) is 132 cm³/mol. The topological polar surface area (TPSA) is 163 Å². The van der Waals surface area contributed by atoms with Crippen molar-refractivity contribution in [3.05, 3.63) is 0 Å². The summed E-state index contributed by atoms with van der Waals surface area (Å²) in [4.78, 5) is 75.0. The number of amides is 2. The van der Waals surface area contributed by atoms with Crippen LogP contribution in [0.3, 0.4) is 0 Å². The third-order valence-corrected chi connectivity index (χ3v) is 6.53. The predicted octanol–water partition coefficient (Wildman–Crippen LogP) is 1.61. The molecular formula is C26H40N2O10. The van der Waals surface area contributed by atoms with Gasteiger partial charge in [0.2, 0.25) is 12.2 Å². The highest BCUT2D eigenvalue weighted by Gasteiger charge is 2.49. The van der Waals surface area contributed by atoms with Crippen molar-refractivity contribution in [2.45, 2.75) is 128 Å². The number of ether oxygens (including phenoxy) is 4. The van der Waals surface area contributed by atoms with Crippen LogP contribution in [-0.2, 0) is 47.7 Å². The summed E-state index contributed by atoms with van der Waals surface area (Å²) in [6.07, 6.45) is 1.38. The number of rotatable bonds is 11. The van der Waals surface area contributed by atoms with E-state index in [9.17, 15) is 28.8 Å². The Kier molecular flexibility index (Phi) is 12.5. The first-order valence-electron chi connectivity index (χ1n) is 13.3. The zero-order chi connectivity index (χ0) is 28.2. The van der Waals surface area contributed by atoms with Crippen LogP contribution >= 0.6 is 0 Å². The van der Waals surface area contributed by atoms with Crippen LogP contribution in [-0.4, -0.2) is 72.2 Å². The van der Waals surface area contributed by atoms with Crippen molar-refractivity contribution >= 4 is 35.7 Å². The van der Waals surface area contributed by atoms with Gasteiger partial charge in [-0.05, 0) is 25.7 Å². The van der Waals surface area contributed by atoms with Gasteiger partial charge < -0.3 is 29.6 Å². The highest BCUT2D eigenvalue weighted by atomic mass is 16.6. The van der Waals surface area contributed by atoms with Crippen LogP contribution in [0.1, 0.15) is 91.9 Å². The van der Waals surface area contributed by atoms with Gasteiger partial charge in [-0.2, -0.15) is 0 Å². The van der Waals surface area contributed by atoms with E-state index in [1.54, 1.807) is 0 Å². The van der Waals surface area contributed by atoms with E-state index in [2.05, 4.69) is 10.6 Å². The second-order valence-corrected chi connectivity index (χ2v) is 9.90. The van der Waals surface area contributed by atoms with Crippen LogP contribution in [0.2, 0.25) is 0 Å². The number of hydrogen-bond donors (Lipinski definition) is 2. The van der Waals surface area contributed by atoms with Crippen LogP contribution in [0.4, 0.5) is 0 Å². The summed E-state index contributed by atoms with van der Waals surface area (Å²) in [5, 5.41) is 5.61. The Morgan fingerprint density at radius 2 is 0.789 bits per heavy atom. The van der Waals surface area contributed by atoms with Crippen LogP contribution in [0.5, 0.6) is 0 Å². The summed E-state index contributed by atoms with van der Waals surface area (Å²) in [5.41, 5.74) is 0. The Hall–Kier alpha value is -3.18. The average Bonchev–Trinajstić information content (AvgIpc) is 2.84. The lowest BCUT2D eigenvalue weighted by Crippen LogP contribution is -2.60. The molecule has 0 aliphatic heterocycles. The van der Waals surface area contributed by atoms with Crippen LogP contribution < -0.4 is 10.6 Å². The Morgan fingerprint density at radius 1 is 0.500 bits per heavy atom. The van der Waals surface area contributed by atoms with Crippen LogP contribution in [0, 0.1) is 0 Å². The number of nitrogens with one attached hydrogen (secondary N) is 2. The monoisotopic (exact) mass is 540 g/mol. The molecule has 214 valence electrons. The number of carbonyl (C=O) groups is 6. The summed E-state index contributed by atoms with van der Waals surface area (Å²) in [6.45, 7) is 4.22. The zero-order valence-electron chi connectivity index (χ0n) is 22.6. The first-order valence-corrected chi connectivity index (χ1v) is 13.3. The fourth-order valence-electron chi connectivity index (χ4n) is 4.94. The van der Waals surface area contributed by atoms with Crippen LogP contribution in [0.15, 0.2) is 0 Å². The Morgan fingerprint density at radius 3 is 1.05 bits per heavy atom. The average molecular weight is 541 g/mol. The van der Waals surface area contributed by atoms with Crippen molar-refractivity contribution in [1.82, 2.24) is 10.6 Å². The second kappa shape index (κ2) is 15.3. The molecule has 2 saturated carbocycles. The lowest BCUT2D eigenvalue weighted by molar-refractivity contribution is -0.200. The molecular weight excluding hydrogens is 500 g/mol. The maximum absolute atomic E-state index is 13.4. The van der Waals surface area contributed by atoms with E-state index >= 15 is 0 Å². The van der Waals surface area contributed by atoms with Gasteiger partial charge in [0.15, 0.2) is 12.2 Å². The quantitative estimate of drug-likeness (QED) is 0.291. The molecule has 2 amide bonds. The molecule has 2 rings (SSSR count). The largest absolute Gasteiger partial charge is 0.454 e. The Balaban J connectivity index is 2.46. The fraction of sp³-hybridized carbons (Fsp3) is 0.769. The Bertz CT molecular complexity index is 794. The van der Waals surface area contributed by atoms with E-state index in [4.69, 9.17) is 18.9 Å². The molecule has 12 heteroatoms. The van der Waals surface area contributed by atoms with Gasteiger partial charge in [0.05, 0.1) is 0 Å². The standard InChI is InChI=1S/C26H40N2O10/c1-15(29)35-21(23(37-17(3)31)25(33)27-19-11-7-5-8-12-19)22(36-16(2)30)24(38-18(4)32)26(34)28-20-13-9-6-10-14-20/h19-24H,5-14H2,1-4H3,(H,27,33)(H,28,34)/t21-,22-,23+,24+/m1/s1. The van der Waals surface area contributed by atoms with Gasteiger partial charge in [-0.15, -0.1) is 0 Å². The van der Waals surface area contributed by atoms with Gasteiger partial charge in [-0.3, -0.25) is 28.8 Å². The molecule has 2 N–H and O–H groups in total. The molecule has 0 aromatic rings. The molecule has 4 atom stereocenters.